The SMILES string of the molecule is Nc1cnc2nc(Cl)nn2c1. The van der Waals surface area contributed by atoms with E-state index in [9.17, 15) is 0 Å². The monoisotopic (exact) mass is 169 g/mol. The lowest BCUT2D eigenvalue weighted by Crippen LogP contribution is -1.94. The molecule has 56 valence electrons. The molecule has 0 bridgehead atoms. The maximum atomic E-state index is 5.51. The Bertz CT molecular complexity index is 395. The zero-order chi connectivity index (χ0) is 7.84. The normalized spacial score (nSPS) is 10.6. The van der Waals surface area contributed by atoms with E-state index >= 15 is 0 Å². The average molecular weight is 170 g/mol. The highest BCUT2D eigenvalue weighted by Gasteiger charge is 2.00. The average Bonchev–Trinajstić information content (AvgIpc) is 2.27. The van der Waals surface area contributed by atoms with E-state index in [0.29, 0.717) is 11.5 Å². The fourth-order valence-electron chi connectivity index (χ4n) is 0.771. The van der Waals surface area contributed by atoms with Gasteiger partial charge in [-0.2, -0.15) is 4.98 Å². The Hall–Kier alpha value is -1.36. The molecule has 2 aromatic heterocycles. The molecule has 2 aromatic rings. The molecule has 5 nitrogen and oxygen atoms in total. The summed E-state index contributed by atoms with van der Waals surface area (Å²) >= 11 is 5.51. The molecule has 0 spiro atoms. The Morgan fingerprint density at radius 3 is 3.18 bits per heavy atom. The molecule has 0 aliphatic rings. The molecule has 11 heavy (non-hydrogen) atoms. The Balaban J connectivity index is 2.82. The molecule has 0 aliphatic carbocycles. The number of rotatable bonds is 0. The van der Waals surface area contributed by atoms with Crippen LogP contribution >= 0.6 is 11.6 Å². The van der Waals surface area contributed by atoms with E-state index in [2.05, 4.69) is 15.1 Å². The van der Waals surface area contributed by atoms with Gasteiger partial charge in [0.15, 0.2) is 0 Å². The van der Waals surface area contributed by atoms with Crippen LogP contribution in [0.25, 0.3) is 5.78 Å². The van der Waals surface area contributed by atoms with Gasteiger partial charge in [-0.3, -0.25) is 0 Å². The number of fused-ring (bicyclic) bond motifs is 1. The van der Waals surface area contributed by atoms with Crippen LogP contribution in [0.3, 0.4) is 0 Å². The molecule has 0 aliphatic heterocycles. The van der Waals surface area contributed by atoms with Crippen LogP contribution in [0.1, 0.15) is 0 Å². The van der Waals surface area contributed by atoms with E-state index < -0.39 is 0 Å². The van der Waals surface area contributed by atoms with Crippen LogP contribution in [0, 0.1) is 0 Å². The maximum absolute atomic E-state index is 5.51. The van der Waals surface area contributed by atoms with Gasteiger partial charge in [-0.25, -0.2) is 9.50 Å². The first-order valence-corrected chi connectivity index (χ1v) is 3.27. The number of nitrogens with zero attached hydrogens (tertiary/aromatic N) is 4. The first kappa shape index (κ1) is 6.36. The molecule has 6 heteroatoms. The summed E-state index contributed by atoms with van der Waals surface area (Å²) in [6.45, 7) is 0. The predicted molar refractivity (Wildman–Crippen MR) is 40.2 cm³/mol. The molecule has 0 aromatic carbocycles. The standard InChI is InChI=1S/C5H4ClN5/c6-4-9-5-8-1-3(7)2-11(5)10-4/h1-2H,7H2. The van der Waals surface area contributed by atoms with Crippen molar-refractivity contribution in [2.75, 3.05) is 5.73 Å². The molecular weight excluding hydrogens is 166 g/mol. The summed E-state index contributed by atoms with van der Waals surface area (Å²) < 4.78 is 1.43. The third kappa shape index (κ3) is 0.988. The van der Waals surface area contributed by atoms with Crippen molar-refractivity contribution in [3.05, 3.63) is 17.7 Å². The lowest BCUT2D eigenvalue weighted by atomic mass is 10.6. The smallest absolute Gasteiger partial charge is 0.253 e. The van der Waals surface area contributed by atoms with Gasteiger partial charge in [0.25, 0.3) is 5.78 Å². The van der Waals surface area contributed by atoms with Gasteiger partial charge in [0.05, 0.1) is 18.1 Å². The molecule has 0 radical (unpaired) electrons. The first-order chi connectivity index (χ1) is 5.25. The van der Waals surface area contributed by atoms with Gasteiger partial charge >= 0.3 is 0 Å². The summed E-state index contributed by atoms with van der Waals surface area (Å²) in [7, 11) is 0. The summed E-state index contributed by atoms with van der Waals surface area (Å²) in [5.74, 6) is 0.448. The molecule has 0 atom stereocenters. The number of halogens is 1. The molecule has 0 saturated carbocycles. The van der Waals surface area contributed by atoms with E-state index in [1.807, 2.05) is 0 Å². The Labute approximate surface area is 66.8 Å². The van der Waals surface area contributed by atoms with Crippen LogP contribution in [0.4, 0.5) is 5.69 Å². The van der Waals surface area contributed by atoms with Gasteiger partial charge in [-0.1, -0.05) is 0 Å². The Kier molecular flexibility index (Phi) is 1.19. The van der Waals surface area contributed by atoms with Crippen molar-refractivity contribution in [3.8, 4) is 0 Å². The second kappa shape index (κ2) is 2.06. The number of hydrogen-bond donors (Lipinski definition) is 1. The molecular formula is C5H4ClN5. The third-order valence-corrected chi connectivity index (χ3v) is 1.35. The van der Waals surface area contributed by atoms with Crippen molar-refractivity contribution < 1.29 is 0 Å². The second-order valence-corrected chi connectivity index (χ2v) is 2.35. The van der Waals surface area contributed by atoms with Crippen molar-refractivity contribution in [1.29, 1.82) is 0 Å². The lowest BCUT2D eigenvalue weighted by Gasteiger charge is -1.90. The molecule has 2 heterocycles. The van der Waals surface area contributed by atoms with Crippen molar-refractivity contribution in [1.82, 2.24) is 19.6 Å². The zero-order valence-corrected chi connectivity index (χ0v) is 6.15. The first-order valence-electron chi connectivity index (χ1n) is 2.89. The van der Waals surface area contributed by atoms with Gasteiger partial charge in [-0.15, -0.1) is 5.10 Å². The maximum Gasteiger partial charge on any atom is 0.253 e. The van der Waals surface area contributed by atoms with E-state index in [-0.39, 0.29) is 5.28 Å². The molecule has 2 N–H and O–H groups in total. The topological polar surface area (TPSA) is 69.1 Å². The minimum absolute atomic E-state index is 0.170. The second-order valence-electron chi connectivity index (χ2n) is 2.01. The summed E-state index contributed by atoms with van der Waals surface area (Å²) in [6.07, 6.45) is 3.10. The number of aromatic nitrogens is 4. The Morgan fingerprint density at radius 1 is 1.55 bits per heavy atom. The summed E-state index contributed by atoms with van der Waals surface area (Å²) in [5.41, 5.74) is 5.97. The van der Waals surface area contributed by atoms with Crippen LogP contribution in [-0.4, -0.2) is 19.6 Å². The van der Waals surface area contributed by atoms with Crippen LogP contribution in [-0.2, 0) is 0 Å². The van der Waals surface area contributed by atoms with Gasteiger partial charge < -0.3 is 5.73 Å². The molecule has 0 fully saturated rings. The molecule has 0 amide bonds. The molecule has 0 saturated heterocycles. The highest BCUT2D eigenvalue weighted by molar-refractivity contribution is 6.28. The van der Waals surface area contributed by atoms with Gasteiger partial charge in [0.2, 0.25) is 5.28 Å². The Morgan fingerprint density at radius 2 is 2.36 bits per heavy atom. The number of anilines is 1. The van der Waals surface area contributed by atoms with Crippen molar-refractivity contribution in [3.63, 3.8) is 0 Å². The van der Waals surface area contributed by atoms with Crippen molar-refractivity contribution >= 4 is 23.1 Å². The van der Waals surface area contributed by atoms with Crippen LogP contribution < -0.4 is 5.73 Å². The zero-order valence-electron chi connectivity index (χ0n) is 5.40. The fourth-order valence-corrected chi connectivity index (χ4v) is 0.928. The summed E-state index contributed by atoms with van der Waals surface area (Å²) in [6, 6.07) is 0. The number of nitrogens with two attached hydrogens (primary N) is 1. The van der Waals surface area contributed by atoms with Crippen molar-refractivity contribution in [2.45, 2.75) is 0 Å². The van der Waals surface area contributed by atoms with Gasteiger partial charge in [0.1, 0.15) is 0 Å². The highest BCUT2D eigenvalue weighted by Crippen LogP contribution is 2.04. The summed E-state index contributed by atoms with van der Waals surface area (Å²) in [4.78, 5) is 7.69. The van der Waals surface area contributed by atoms with E-state index in [1.54, 1.807) is 6.20 Å². The van der Waals surface area contributed by atoms with E-state index in [1.165, 1.54) is 10.7 Å². The third-order valence-electron chi connectivity index (χ3n) is 1.19. The van der Waals surface area contributed by atoms with E-state index in [4.69, 9.17) is 17.3 Å². The van der Waals surface area contributed by atoms with Crippen LogP contribution in [0.2, 0.25) is 5.28 Å². The molecule has 0 unspecified atom stereocenters. The molecule has 2 rings (SSSR count). The highest BCUT2D eigenvalue weighted by atomic mass is 35.5. The summed E-state index contributed by atoms with van der Waals surface area (Å²) in [5, 5.41) is 3.97. The van der Waals surface area contributed by atoms with Gasteiger partial charge in [0, 0.05) is 0 Å². The number of nitrogen functional groups attached to an aromatic ring is 1. The van der Waals surface area contributed by atoms with Crippen LogP contribution in [0.5, 0.6) is 0 Å². The minimum atomic E-state index is 0.170. The fraction of sp³-hybridized carbons (Fsp3) is 0. The lowest BCUT2D eigenvalue weighted by molar-refractivity contribution is 0.942. The van der Waals surface area contributed by atoms with Crippen LogP contribution in [0.15, 0.2) is 12.4 Å². The van der Waals surface area contributed by atoms with Crippen molar-refractivity contribution in [2.24, 2.45) is 0 Å². The van der Waals surface area contributed by atoms with Gasteiger partial charge in [-0.05, 0) is 11.6 Å². The quantitative estimate of drug-likeness (QED) is 0.618. The largest absolute Gasteiger partial charge is 0.396 e. The minimum Gasteiger partial charge on any atom is -0.396 e. The predicted octanol–water partition coefficient (Wildman–Crippen LogP) is 0.360. The van der Waals surface area contributed by atoms with E-state index in [0.717, 1.165) is 0 Å². The number of hydrogen-bond acceptors (Lipinski definition) is 4.